The lowest BCUT2D eigenvalue weighted by atomic mass is 10.2. The quantitative estimate of drug-likeness (QED) is 0.774. The second-order valence-corrected chi connectivity index (χ2v) is 5.63. The summed E-state index contributed by atoms with van der Waals surface area (Å²) in [5.74, 6) is -0.0411. The largest absolute Gasteiger partial charge is 0.417 e. The fraction of sp³-hybridized carbons (Fsp3) is 0.176. The number of alkyl halides is 3. The number of hydrogen-bond acceptors (Lipinski definition) is 4. The normalized spacial score (nSPS) is 11.4. The van der Waals surface area contributed by atoms with Crippen LogP contribution in [0.2, 0.25) is 0 Å². The van der Waals surface area contributed by atoms with Crippen molar-refractivity contribution in [3.8, 4) is 5.82 Å². The second-order valence-electron chi connectivity index (χ2n) is 5.63. The van der Waals surface area contributed by atoms with Gasteiger partial charge in [-0.25, -0.2) is 9.67 Å². The topological polar surface area (TPSA) is 72.7 Å². The zero-order valence-corrected chi connectivity index (χ0v) is 13.9. The predicted molar refractivity (Wildman–Crippen MR) is 88.0 cm³/mol. The summed E-state index contributed by atoms with van der Waals surface area (Å²) in [7, 11) is 0. The van der Waals surface area contributed by atoms with E-state index in [1.54, 1.807) is 16.8 Å². The van der Waals surface area contributed by atoms with Crippen LogP contribution in [-0.2, 0) is 6.18 Å². The lowest BCUT2D eigenvalue weighted by molar-refractivity contribution is -0.137. The molecule has 0 spiro atoms. The van der Waals surface area contributed by atoms with Crippen molar-refractivity contribution in [2.45, 2.75) is 20.0 Å². The third kappa shape index (κ3) is 3.71. The molecule has 0 bridgehead atoms. The molecule has 9 heteroatoms. The Morgan fingerprint density at radius 3 is 2.35 bits per heavy atom. The molecule has 0 aliphatic heterocycles. The first-order valence-corrected chi connectivity index (χ1v) is 7.58. The number of nitrogens with one attached hydrogen (secondary N) is 1. The van der Waals surface area contributed by atoms with E-state index < -0.39 is 17.6 Å². The van der Waals surface area contributed by atoms with Crippen LogP contribution in [0.3, 0.4) is 0 Å². The Morgan fingerprint density at radius 2 is 1.85 bits per heavy atom. The Bertz CT molecular complexity index is 931. The van der Waals surface area contributed by atoms with Gasteiger partial charge in [-0.05, 0) is 44.2 Å². The van der Waals surface area contributed by atoms with E-state index in [9.17, 15) is 18.0 Å². The van der Waals surface area contributed by atoms with Gasteiger partial charge in [0.25, 0.3) is 5.91 Å². The molecular weight excluding hydrogens is 347 g/mol. The third-order valence-corrected chi connectivity index (χ3v) is 3.56. The van der Waals surface area contributed by atoms with Crippen molar-refractivity contribution in [2.75, 3.05) is 5.32 Å². The van der Waals surface area contributed by atoms with Crippen LogP contribution in [0.4, 0.5) is 18.9 Å². The predicted octanol–water partition coefficient (Wildman–Crippen LogP) is 3.55. The molecule has 0 unspecified atom stereocenters. The maximum Gasteiger partial charge on any atom is 0.417 e. The SMILES string of the molecule is Cc1cc(C)n(-c2ccc(NC(=O)c3ccc(C(F)(F)F)cn3)cn2)n1. The maximum absolute atomic E-state index is 12.5. The maximum atomic E-state index is 12.5. The van der Waals surface area contributed by atoms with E-state index in [2.05, 4.69) is 20.4 Å². The summed E-state index contributed by atoms with van der Waals surface area (Å²) in [5, 5.41) is 6.85. The Morgan fingerprint density at radius 1 is 1.08 bits per heavy atom. The number of carbonyl (C=O) groups excluding carboxylic acids is 1. The molecule has 0 atom stereocenters. The summed E-state index contributed by atoms with van der Waals surface area (Å²) in [6, 6.07) is 7.05. The lowest BCUT2D eigenvalue weighted by Crippen LogP contribution is -2.15. The second kappa shape index (κ2) is 6.58. The van der Waals surface area contributed by atoms with Crippen molar-refractivity contribution in [3.63, 3.8) is 0 Å². The fourth-order valence-electron chi connectivity index (χ4n) is 2.34. The molecule has 3 aromatic rings. The molecule has 0 aliphatic carbocycles. The van der Waals surface area contributed by atoms with Gasteiger partial charge in [0.05, 0.1) is 23.1 Å². The number of amides is 1. The number of rotatable bonds is 3. The van der Waals surface area contributed by atoms with Crippen molar-refractivity contribution in [2.24, 2.45) is 0 Å². The summed E-state index contributed by atoms with van der Waals surface area (Å²) in [6.07, 6.45) is -2.43. The van der Waals surface area contributed by atoms with Crippen LogP contribution in [0.25, 0.3) is 5.82 Å². The number of hydrogen-bond donors (Lipinski definition) is 1. The van der Waals surface area contributed by atoms with Crippen molar-refractivity contribution >= 4 is 11.6 Å². The van der Waals surface area contributed by atoms with Crippen LogP contribution in [0, 0.1) is 13.8 Å². The van der Waals surface area contributed by atoms with E-state index in [4.69, 9.17) is 0 Å². The molecule has 1 N–H and O–H groups in total. The number of halogens is 3. The molecule has 3 rings (SSSR count). The standard InChI is InChI=1S/C17H14F3N5O/c1-10-7-11(2)25(24-10)15-6-4-13(9-22-15)23-16(26)14-5-3-12(8-21-14)17(18,19)20/h3-9H,1-2H3,(H,23,26). The van der Waals surface area contributed by atoms with Crippen molar-refractivity contribution in [1.29, 1.82) is 0 Å². The number of carbonyl (C=O) groups is 1. The Balaban J connectivity index is 1.73. The monoisotopic (exact) mass is 361 g/mol. The highest BCUT2D eigenvalue weighted by atomic mass is 19.4. The third-order valence-electron chi connectivity index (χ3n) is 3.56. The van der Waals surface area contributed by atoms with Gasteiger partial charge in [-0.2, -0.15) is 18.3 Å². The number of nitrogens with zero attached hydrogens (tertiary/aromatic N) is 4. The summed E-state index contributed by atoms with van der Waals surface area (Å²) >= 11 is 0. The number of aromatic nitrogens is 4. The van der Waals surface area contributed by atoms with E-state index in [1.165, 1.54) is 6.20 Å². The number of anilines is 1. The Labute approximate surface area is 146 Å². The number of aryl methyl sites for hydroxylation is 2. The molecule has 0 saturated heterocycles. The van der Waals surface area contributed by atoms with Crippen molar-refractivity contribution in [3.05, 3.63) is 65.4 Å². The molecule has 134 valence electrons. The summed E-state index contributed by atoms with van der Waals surface area (Å²) < 4.78 is 39.2. The average molecular weight is 361 g/mol. The van der Waals surface area contributed by atoms with E-state index in [-0.39, 0.29) is 5.69 Å². The smallest absolute Gasteiger partial charge is 0.319 e. The highest BCUT2D eigenvalue weighted by Gasteiger charge is 2.30. The highest BCUT2D eigenvalue weighted by Crippen LogP contribution is 2.28. The molecule has 0 saturated carbocycles. The lowest BCUT2D eigenvalue weighted by Gasteiger charge is -2.08. The van der Waals surface area contributed by atoms with Gasteiger partial charge in [0.1, 0.15) is 5.69 Å². The minimum atomic E-state index is -4.50. The van der Waals surface area contributed by atoms with Gasteiger partial charge in [0.2, 0.25) is 0 Å². The molecule has 3 aromatic heterocycles. The fourth-order valence-corrected chi connectivity index (χ4v) is 2.34. The highest BCUT2D eigenvalue weighted by molar-refractivity contribution is 6.02. The van der Waals surface area contributed by atoms with E-state index in [0.717, 1.165) is 23.5 Å². The van der Waals surface area contributed by atoms with Gasteiger partial charge in [0, 0.05) is 11.9 Å². The molecule has 0 aliphatic rings. The first kappa shape index (κ1) is 17.6. The summed E-state index contributed by atoms with van der Waals surface area (Å²) in [6.45, 7) is 3.77. The first-order valence-electron chi connectivity index (χ1n) is 7.58. The molecular formula is C17H14F3N5O. The summed E-state index contributed by atoms with van der Waals surface area (Å²) in [4.78, 5) is 19.9. The van der Waals surface area contributed by atoms with Gasteiger partial charge in [-0.1, -0.05) is 0 Å². The zero-order chi connectivity index (χ0) is 18.9. The molecule has 0 aromatic carbocycles. The van der Waals surface area contributed by atoms with Crippen LogP contribution in [0.15, 0.2) is 42.7 Å². The van der Waals surface area contributed by atoms with Crippen LogP contribution in [0.5, 0.6) is 0 Å². The van der Waals surface area contributed by atoms with Crippen LogP contribution in [-0.4, -0.2) is 25.7 Å². The van der Waals surface area contributed by atoms with Gasteiger partial charge >= 0.3 is 6.18 Å². The number of pyridine rings is 2. The van der Waals surface area contributed by atoms with E-state index >= 15 is 0 Å². The van der Waals surface area contributed by atoms with Gasteiger partial charge in [-0.15, -0.1) is 0 Å². The molecule has 26 heavy (non-hydrogen) atoms. The molecule has 0 fully saturated rings. The van der Waals surface area contributed by atoms with E-state index in [0.29, 0.717) is 17.7 Å². The van der Waals surface area contributed by atoms with Crippen molar-refractivity contribution in [1.82, 2.24) is 19.7 Å². The minimum absolute atomic E-state index is 0.124. The first-order chi connectivity index (χ1) is 12.2. The molecule has 1 amide bonds. The minimum Gasteiger partial charge on any atom is -0.319 e. The van der Waals surface area contributed by atoms with Crippen LogP contribution >= 0.6 is 0 Å². The molecule has 3 heterocycles. The average Bonchev–Trinajstić information content (AvgIpc) is 2.93. The van der Waals surface area contributed by atoms with Crippen molar-refractivity contribution < 1.29 is 18.0 Å². The summed E-state index contributed by atoms with van der Waals surface area (Å²) in [5.41, 5.74) is 1.13. The van der Waals surface area contributed by atoms with Gasteiger partial charge < -0.3 is 5.32 Å². The van der Waals surface area contributed by atoms with Crippen LogP contribution in [0.1, 0.15) is 27.4 Å². The molecule has 0 radical (unpaired) electrons. The van der Waals surface area contributed by atoms with Gasteiger partial charge in [0.15, 0.2) is 5.82 Å². The molecule has 6 nitrogen and oxygen atoms in total. The Kier molecular flexibility index (Phi) is 4.45. The van der Waals surface area contributed by atoms with Crippen LogP contribution < -0.4 is 5.32 Å². The Hall–Kier alpha value is -3.23. The van der Waals surface area contributed by atoms with Gasteiger partial charge in [-0.3, -0.25) is 9.78 Å². The zero-order valence-electron chi connectivity index (χ0n) is 13.9. The van der Waals surface area contributed by atoms with E-state index in [1.807, 2.05) is 19.9 Å².